The Morgan fingerprint density at radius 3 is 1.50 bits per heavy atom. The Kier molecular flexibility index (Phi) is 2.40. The summed E-state index contributed by atoms with van der Waals surface area (Å²) in [6.07, 6.45) is 1.99. The number of pyridine rings is 2. The molecule has 0 aliphatic rings. The van der Waals surface area contributed by atoms with E-state index in [9.17, 15) is 8.78 Å². The molecule has 0 radical (unpaired) electrons. The van der Waals surface area contributed by atoms with Gasteiger partial charge in [-0.1, -0.05) is 0 Å². The molecule has 2 rings (SSSR count). The van der Waals surface area contributed by atoms with Gasteiger partial charge in [0, 0.05) is 12.1 Å². The molecule has 6 heteroatoms. The van der Waals surface area contributed by atoms with Crippen LogP contribution in [0.1, 0.15) is 0 Å². The lowest BCUT2D eigenvalue weighted by Crippen LogP contribution is -2.00. The molecular weight excluding hydrogens is 214 g/mol. The largest absolute Gasteiger partial charge is 0.397 e. The summed E-state index contributed by atoms with van der Waals surface area (Å²) in [5, 5.41) is 0. The quantitative estimate of drug-likeness (QED) is 0.767. The van der Waals surface area contributed by atoms with Gasteiger partial charge in [0.05, 0.1) is 23.8 Å². The highest BCUT2D eigenvalue weighted by Crippen LogP contribution is 2.26. The maximum absolute atomic E-state index is 12.8. The zero-order chi connectivity index (χ0) is 11.7. The Morgan fingerprint density at radius 1 is 0.812 bits per heavy atom. The summed E-state index contributed by atoms with van der Waals surface area (Å²) in [7, 11) is 0. The van der Waals surface area contributed by atoms with Crippen LogP contribution in [0.3, 0.4) is 0 Å². The van der Waals surface area contributed by atoms with Crippen LogP contribution in [0.25, 0.3) is 11.4 Å². The normalized spacial score (nSPS) is 10.4. The molecule has 0 aliphatic heterocycles. The Morgan fingerprint density at radius 2 is 1.19 bits per heavy atom. The van der Waals surface area contributed by atoms with E-state index >= 15 is 0 Å². The number of hydrogen-bond acceptors (Lipinski definition) is 4. The van der Waals surface area contributed by atoms with Gasteiger partial charge in [-0.25, -0.2) is 18.7 Å². The summed E-state index contributed by atoms with van der Waals surface area (Å²) < 4.78 is 25.5. The number of rotatable bonds is 1. The van der Waals surface area contributed by atoms with E-state index in [1.807, 2.05) is 0 Å². The highest BCUT2D eigenvalue weighted by Gasteiger charge is 2.11. The molecule has 2 heterocycles. The predicted molar refractivity (Wildman–Crippen MR) is 56.2 cm³/mol. The van der Waals surface area contributed by atoms with Crippen molar-refractivity contribution in [2.24, 2.45) is 0 Å². The SMILES string of the molecule is Nc1cc(F)cnc1-c1ncc(F)cc1N. The first kappa shape index (κ1) is 10.3. The molecule has 0 aromatic carbocycles. The van der Waals surface area contributed by atoms with Gasteiger partial charge in [-0.15, -0.1) is 0 Å². The number of nitrogen functional groups attached to an aromatic ring is 2. The van der Waals surface area contributed by atoms with E-state index < -0.39 is 11.6 Å². The third-order valence-corrected chi connectivity index (χ3v) is 1.99. The third kappa shape index (κ3) is 1.77. The molecule has 16 heavy (non-hydrogen) atoms. The fourth-order valence-corrected chi connectivity index (χ4v) is 1.31. The second-order valence-corrected chi connectivity index (χ2v) is 3.18. The van der Waals surface area contributed by atoms with Gasteiger partial charge in [-0.3, -0.25) is 0 Å². The molecule has 2 aromatic heterocycles. The Labute approximate surface area is 89.9 Å². The average molecular weight is 222 g/mol. The van der Waals surface area contributed by atoms with Gasteiger partial charge in [0.25, 0.3) is 0 Å². The van der Waals surface area contributed by atoms with Crippen LogP contribution in [0.15, 0.2) is 24.5 Å². The van der Waals surface area contributed by atoms with Crippen LogP contribution in [-0.4, -0.2) is 9.97 Å². The molecule has 82 valence electrons. The number of nitrogens with two attached hydrogens (primary N) is 2. The average Bonchev–Trinajstić information content (AvgIpc) is 2.19. The summed E-state index contributed by atoms with van der Waals surface area (Å²) in [6, 6.07) is 2.21. The van der Waals surface area contributed by atoms with Crippen LogP contribution in [-0.2, 0) is 0 Å². The zero-order valence-electron chi connectivity index (χ0n) is 8.11. The number of aromatic nitrogens is 2. The van der Waals surface area contributed by atoms with Crippen molar-refractivity contribution in [2.45, 2.75) is 0 Å². The van der Waals surface area contributed by atoms with Crippen molar-refractivity contribution in [3.8, 4) is 11.4 Å². The van der Waals surface area contributed by atoms with Crippen LogP contribution >= 0.6 is 0 Å². The lowest BCUT2D eigenvalue weighted by atomic mass is 10.2. The van der Waals surface area contributed by atoms with Crippen LogP contribution < -0.4 is 11.5 Å². The van der Waals surface area contributed by atoms with Gasteiger partial charge in [-0.2, -0.15) is 0 Å². The Bertz CT molecular complexity index is 493. The van der Waals surface area contributed by atoms with Gasteiger partial charge in [-0.05, 0) is 0 Å². The van der Waals surface area contributed by atoms with Crippen molar-refractivity contribution in [2.75, 3.05) is 11.5 Å². The molecule has 0 spiro atoms. The van der Waals surface area contributed by atoms with E-state index in [1.165, 1.54) is 0 Å². The zero-order valence-corrected chi connectivity index (χ0v) is 8.11. The van der Waals surface area contributed by atoms with Crippen molar-refractivity contribution in [1.29, 1.82) is 0 Å². The van der Waals surface area contributed by atoms with Crippen molar-refractivity contribution in [1.82, 2.24) is 9.97 Å². The minimum Gasteiger partial charge on any atom is -0.397 e. The number of hydrogen-bond donors (Lipinski definition) is 2. The van der Waals surface area contributed by atoms with E-state index in [2.05, 4.69) is 9.97 Å². The first-order valence-electron chi connectivity index (χ1n) is 4.40. The second-order valence-electron chi connectivity index (χ2n) is 3.18. The molecule has 2 aromatic rings. The van der Waals surface area contributed by atoms with E-state index in [0.29, 0.717) is 0 Å². The lowest BCUT2D eigenvalue weighted by molar-refractivity contribution is 0.620. The van der Waals surface area contributed by atoms with Gasteiger partial charge >= 0.3 is 0 Å². The van der Waals surface area contributed by atoms with E-state index in [0.717, 1.165) is 24.5 Å². The molecule has 4 N–H and O–H groups in total. The van der Waals surface area contributed by atoms with Crippen molar-refractivity contribution in [3.05, 3.63) is 36.2 Å². The first-order valence-corrected chi connectivity index (χ1v) is 4.40. The monoisotopic (exact) mass is 222 g/mol. The molecule has 0 aliphatic carbocycles. The molecule has 0 saturated heterocycles. The highest BCUT2D eigenvalue weighted by atomic mass is 19.1. The van der Waals surface area contributed by atoms with Crippen molar-refractivity contribution < 1.29 is 8.78 Å². The third-order valence-electron chi connectivity index (χ3n) is 1.99. The number of nitrogens with zero attached hydrogens (tertiary/aromatic N) is 2. The summed E-state index contributed by atoms with van der Waals surface area (Å²) >= 11 is 0. The minimum absolute atomic E-state index is 0.103. The lowest BCUT2D eigenvalue weighted by Gasteiger charge is -2.06. The topological polar surface area (TPSA) is 77.8 Å². The summed E-state index contributed by atoms with van der Waals surface area (Å²) in [5.74, 6) is -1.11. The van der Waals surface area contributed by atoms with E-state index in [4.69, 9.17) is 11.5 Å². The molecule has 4 nitrogen and oxygen atoms in total. The Balaban J connectivity index is 2.59. The molecular formula is C10H8F2N4. The number of halogens is 2. The van der Waals surface area contributed by atoms with Crippen LogP contribution in [0.4, 0.5) is 20.2 Å². The van der Waals surface area contributed by atoms with Crippen molar-refractivity contribution in [3.63, 3.8) is 0 Å². The minimum atomic E-state index is -0.554. The summed E-state index contributed by atoms with van der Waals surface area (Å²) in [5.41, 5.74) is 11.8. The van der Waals surface area contributed by atoms with Gasteiger partial charge in [0.15, 0.2) is 0 Å². The first-order chi connectivity index (χ1) is 7.58. The van der Waals surface area contributed by atoms with Crippen LogP contribution in [0, 0.1) is 11.6 Å². The second kappa shape index (κ2) is 3.73. The predicted octanol–water partition coefficient (Wildman–Crippen LogP) is 1.59. The standard InChI is InChI=1S/C10H8F2N4/c11-5-1-7(13)9(15-3-5)10-8(14)2-6(12)4-16-10/h1-4H,13-14H2. The van der Waals surface area contributed by atoms with E-state index in [1.54, 1.807) is 0 Å². The Hall–Kier alpha value is -2.24. The highest BCUT2D eigenvalue weighted by molar-refractivity contribution is 5.77. The van der Waals surface area contributed by atoms with E-state index in [-0.39, 0.29) is 22.8 Å². The maximum atomic E-state index is 12.8. The molecule has 0 atom stereocenters. The summed E-state index contributed by atoms with van der Waals surface area (Å²) in [6.45, 7) is 0. The molecule has 0 unspecified atom stereocenters. The maximum Gasteiger partial charge on any atom is 0.143 e. The summed E-state index contributed by atoms with van der Waals surface area (Å²) in [4.78, 5) is 7.55. The van der Waals surface area contributed by atoms with Crippen LogP contribution in [0.5, 0.6) is 0 Å². The smallest absolute Gasteiger partial charge is 0.143 e. The van der Waals surface area contributed by atoms with Crippen LogP contribution in [0.2, 0.25) is 0 Å². The molecule has 0 saturated carbocycles. The number of anilines is 2. The molecule has 0 fully saturated rings. The van der Waals surface area contributed by atoms with Crippen molar-refractivity contribution >= 4 is 11.4 Å². The van der Waals surface area contributed by atoms with Gasteiger partial charge in [0.2, 0.25) is 0 Å². The molecule has 0 amide bonds. The fourth-order valence-electron chi connectivity index (χ4n) is 1.31. The van der Waals surface area contributed by atoms with Gasteiger partial charge < -0.3 is 11.5 Å². The fraction of sp³-hybridized carbons (Fsp3) is 0. The van der Waals surface area contributed by atoms with Gasteiger partial charge in [0.1, 0.15) is 23.0 Å². The molecule has 0 bridgehead atoms.